The van der Waals surface area contributed by atoms with E-state index in [0.29, 0.717) is 0 Å². The van der Waals surface area contributed by atoms with Crippen molar-refractivity contribution < 1.29 is 13.2 Å². The first kappa shape index (κ1) is 8.43. The standard InChI is InChI=1S/C7H6BF3/c8-6-3-1-5(2-4-6)7(9,10)11/h1-3,6H,4H2. The quantitative estimate of drug-likeness (QED) is 0.474. The van der Waals surface area contributed by atoms with Crippen molar-refractivity contribution in [3.63, 3.8) is 0 Å². The molecule has 1 aliphatic carbocycles. The predicted octanol–water partition coefficient (Wildman–Crippen LogP) is 2.39. The van der Waals surface area contributed by atoms with Gasteiger partial charge in [-0.05, 0) is 6.42 Å². The molecular weight excluding hydrogens is 152 g/mol. The highest BCUT2D eigenvalue weighted by Crippen LogP contribution is 2.31. The molecule has 0 saturated heterocycles. The average Bonchev–Trinajstić information content (AvgIpc) is 1.86. The summed E-state index contributed by atoms with van der Waals surface area (Å²) in [6.45, 7) is 0. The largest absolute Gasteiger partial charge is 0.416 e. The zero-order valence-electron chi connectivity index (χ0n) is 5.73. The summed E-state index contributed by atoms with van der Waals surface area (Å²) in [6, 6.07) is 0. The van der Waals surface area contributed by atoms with Crippen LogP contribution in [-0.4, -0.2) is 14.0 Å². The fourth-order valence-corrected chi connectivity index (χ4v) is 0.847. The Balaban J connectivity index is 2.71. The molecule has 0 bridgehead atoms. The van der Waals surface area contributed by atoms with Gasteiger partial charge in [-0.25, -0.2) is 0 Å². The van der Waals surface area contributed by atoms with E-state index in [1.807, 2.05) is 0 Å². The fourth-order valence-electron chi connectivity index (χ4n) is 0.847. The van der Waals surface area contributed by atoms with Gasteiger partial charge in [-0.3, -0.25) is 0 Å². The number of hydrogen-bond acceptors (Lipinski definition) is 0. The lowest BCUT2D eigenvalue weighted by Gasteiger charge is -2.13. The summed E-state index contributed by atoms with van der Waals surface area (Å²) in [5.41, 5.74) is -0.598. The van der Waals surface area contributed by atoms with Crippen LogP contribution in [0.1, 0.15) is 6.42 Å². The molecule has 2 radical (unpaired) electrons. The lowest BCUT2D eigenvalue weighted by molar-refractivity contribution is -0.0886. The molecule has 0 fully saturated rings. The Morgan fingerprint density at radius 1 is 1.45 bits per heavy atom. The van der Waals surface area contributed by atoms with Crippen LogP contribution in [0.4, 0.5) is 13.2 Å². The van der Waals surface area contributed by atoms with E-state index in [9.17, 15) is 13.2 Å². The highest BCUT2D eigenvalue weighted by Gasteiger charge is 2.32. The number of halogens is 3. The van der Waals surface area contributed by atoms with Gasteiger partial charge >= 0.3 is 6.18 Å². The van der Waals surface area contributed by atoms with Gasteiger partial charge < -0.3 is 0 Å². The van der Waals surface area contributed by atoms with Gasteiger partial charge in [0.15, 0.2) is 0 Å². The average molecular weight is 158 g/mol. The Kier molecular flexibility index (Phi) is 2.11. The topological polar surface area (TPSA) is 0 Å². The van der Waals surface area contributed by atoms with Crippen LogP contribution in [0.3, 0.4) is 0 Å². The molecule has 0 N–H and O–H groups in total. The molecule has 11 heavy (non-hydrogen) atoms. The van der Waals surface area contributed by atoms with E-state index >= 15 is 0 Å². The molecule has 1 aliphatic rings. The molecule has 0 spiro atoms. The van der Waals surface area contributed by atoms with Crippen molar-refractivity contribution in [1.82, 2.24) is 0 Å². The van der Waals surface area contributed by atoms with E-state index < -0.39 is 11.7 Å². The van der Waals surface area contributed by atoms with Gasteiger partial charge in [-0.15, -0.1) is 0 Å². The summed E-state index contributed by atoms with van der Waals surface area (Å²) in [5.74, 6) is -0.263. The fraction of sp³-hybridized carbons (Fsp3) is 0.429. The Hall–Kier alpha value is -0.665. The molecule has 1 unspecified atom stereocenters. The summed E-state index contributed by atoms with van der Waals surface area (Å²) < 4.78 is 35.7. The second kappa shape index (κ2) is 2.76. The third-order valence-electron chi connectivity index (χ3n) is 1.46. The zero-order chi connectivity index (χ0) is 8.48. The summed E-state index contributed by atoms with van der Waals surface area (Å²) in [6.07, 6.45) is -0.455. The molecule has 0 aromatic rings. The Labute approximate surface area is 64.2 Å². The van der Waals surface area contributed by atoms with E-state index in [1.54, 1.807) is 0 Å². The molecule has 4 heteroatoms. The first-order valence-electron chi connectivity index (χ1n) is 3.21. The predicted molar refractivity (Wildman–Crippen MR) is 37.4 cm³/mol. The minimum absolute atomic E-state index is 0.263. The SMILES string of the molecule is [B]C1C=CC(C(F)(F)F)=CC1. The molecule has 0 nitrogen and oxygen atoms in total. The molecule has 0 aliphatic heterocycles. The van der Waals surface area contributed by atoms with Gasteiger partial charge in [-0.2, -0.15) is 13.2 Å². The van der Waals surface area contributed by atoms with Gasteiger partial charge in [0.05, 0.1) is 13.4 Å². The maximum atomic E-state index is 11.9. The van der Waals surface area contributed by atoms with Crippen LogP contribution in [-0.2, 0) is 0 Å². The van der Waals surface area contributed by atoms with Crippen LogP contribution in [0.25, 0.3) is 0 Å². The molecule has 0 amide bonds. The van der Waals surface area contributed by atoms with Crippen molar-refractivity contribution in [2.24, 2.45) is 0 Å². The van der Waals surface area contributed by atoms with Crippen molar-refractivity contribution in [2.45, 2.75) is 18.4 Å². The van der Waals surface area contributed by atoms with E-state index in [1.165, 1.54) is 6.08 Å². The molecule has 58 valence electrons. The van der Waals surface area contributed by atoms with Crippen LogP contribution < -0.4 is 0 Å². The van der Waals surface area contributed by atoms with Crippen LogP contribution >= 0.6 is 0 Å². The molecule has 0 aromatic carbocycles. The molecule has 1 rings (SSSR count). The van der Waals surface area contributed by atoms with Crippen molar-refractivity contribution in [3.05, 3.63) is 23.8 Å². The van der Waals surface area contributed by atoms with Gasteiger partial charge in [0.1, 0.15) is 0 Å². The maximum absolute atomic E-state index is 11.9. The minimum atomic E-state index is -4.23. The third kappa shape index (κ3) is 2.14. The molecule has 0 aromatic heterocycles. The van der Waals surface area contributed by atoms with Gasteiger partial charge in [0.25, 0.3) is 0 Å². The maximum Gasteiger partial charge on any atom is 0.416 e. The first-order valence-corrected chi connectivity index (χ1v) is 3.21. The van der Waals surface area contributed by atoms with Crippen molar-refractivity contribution in [1.29, 1.82) is 0 Å². The van der Waals surface area contributed by atoms with E-state index in [-0.39, 0.29) is 12.2 Å². The number of rotatable bonds is 0. The minimum Gasteiger partial charge on any atom is -0.166 e. The molecule has 1 atom stereocenters. The van der Waals surface area contributed by atoms with E-state index in [2.05, 4.69) is 0 Å². The van der Waals surface area contributed by atoms with E-state index in [4.69, 9.17) is 7.85 Å². The van der Waals surface area contributed by atoms with Crippen molar-refractivity contribution in [2.75, 3.05) is 0 Å². The Bertz CT molecular complexity index is 202. The Morgan fingerprint density at radius 2 is 2.09 bits per heavy atom. The summed E-state index contributed by atoms with van der Waals surface area (Å²) in [7, 11) is 5.34. The lowest BCUT2D eigenvalue weighted by atomic mass is 9.81. The molecule has 0 saturated carbocycles. The molecule has 0 heterocycles. The van der Waals surface area contributed by atoms with Crippen LogP contribution in [0.2, 0.25) is 5.82 Å². The number of hydrogen-bond donors (Lipinski definition) is 0. The van der Waals surface area contributed by atoms with Crippen LogP contribution in [0, 0.1) is 0 Å². The second-order valence-electron chi connectivity index (χ2n) is 2.42. The smallest absolute Gasteiger partial charge is 0.166 e. The Morgan fingerprint density at radius 3 is 2.45 bits per heavy atom. The zero-order valence-corrected chi connectivity index (χ0v) is 5.73. The van der Waals surface area contributed by atoms with Gasteiger partial charge in [-0.1, -0.05) is 24.0 Å². The second-order valence-corrected chi connectivity index (χ2v) is 2.42. The van der Waals surface area contributed by atoms with Crippen molar-refractivity contribution in [3.8, 4) is 0 Å². The lowest BCUT2D eigenvalue weighted by Crippen LogP contribution is -2.12. The first-order chi connectivity index (χ1) is 5.00. The highest BCUT2D eigenvalue weighted by atomic mass is 19.4. The van der Waals surface area contributed by atoms with E-state index in [0.717, 1.165) is 12.2 Å². The summed E-state index contributed by atoms with van der Waals surface area (Å²) in [5, 5.41) is 0. The summed E-state index contributed by atoms with van der Waals surface area (Å²) >= 11 is 0. The monoisotopic (exact) mass is 158 g/mol. The van der Waals surface area contributed by atoms with Gasteiger partial charge in [0.2, 0.25) is 0 Å². The third-order valence-corrected chi connectivity index (χ3v) is 1.46. The normalized spacial score (nSPS) is 25.0. The van der Waals surface area contributed by atoms with Crippen LogP contribution in [0.5, 0.6) is 0 Å². The molecular formula is C7H6BF3. The highest BCUT2D eigenvalue weighted by molar-refractivity contribution is 6.13. The number of allylic oxidation sites excluding steroid dienone is 4. The summed E-state index contributed by atoms with van der Waals surface area (Å²) in [4.78, 5) is 0. The van der Waals surface area contributed by atoms with Gasteiger partial charge in [0, 0.05) is 0 Å². The number of alkyl halides is 3. The van der Waals surface area contributed by atoms with Crippen molar-refractivity contribution >= 4 is 7.85 Å². The van der Waals surface area contributed by atoms with Crippen LogP contribution in [0.15, 0.2) is 23.8 Å².